The van der Waals surface area contributed by atoms with Crippen molar-refractivity contribution in [1.29, 1.82) is 0 Å². The minimum Gasteiger partial charge on any atom is -0.264 e. The molecule has 1 aromatic carbocycles. The second-order valence-electron chi connectivity index (χ2n) is 2.27. The van der Waals surface area contributed by atoms with Gasteiger partial charge in [-0.25, -0.2) is 0 Å². The molecule has 1 N–H and O–H groups in total. The first-order valence-corrected chi connectivity index (χ1v) is 4.80. The molecule has 0 aliphatic rings. The van der Waals surface area contributed by atoms with Crippen LogP contribution in [0.1, 0.15) is 12.5 Å². The topological polar surface area (TPSA) is 12.0 Å². The summed E-state index contributed by atoms with van der Waals surface area (Å²) in [5.41, 5.74) is 1.37. The van der Waals surface area contributed by atoms with Gasteiger partial charge in [-0.3, -0.25) is 4.72 Å². The van der Waals surface area contributed by atoms with E-state index in [1.165, 1.54) is 5.56 Å². The molecule has 0 unspecified atom stereocenters. The highest BCUT2D eigenvalue weighted by Gasteiger charge is 1.88. The molecule has 0 radical (unpaired) electrons. The van der Waals surface area contributed by atoms with Crippen LogP contribution >= 0.6 is 24.4 Å². The standard InChI is InChI=1S/C9H13NS.ClH/c1-2-10-11-8-9-6-4-3-5-7-9;/h3-7,10H,2,8H2,1H3;1H. The highest BCUT2D eigenvalue weighted by atomic mass is 35.5. The van der Waals surface area contributed by atoms with Gasteiger partial charge in [0.05, 0.1) is 0 Å². The van der Waals surface area contributed by atoms with Crippen molar-refractivity contribution in [2.24, 2.45) is 0 Å². The third kappa shape index (κ3) is 4.65. The Morgan fingerprint density at radius 1 is 1.25 bits per heavy atom. The number of hydrogen-bond donors (Lipinski definition) is 1. The van der Waals surface area contributed by atoms with Crippen molar-refractivity contribution in [2.45, 2.75) is 12.7 Å². The number of hydrogen-bond acceptors (Lipinski definition) is 2. The maximum absolute atomic E-state index is 3.21. The fraction of sp³-hybridized carbons (Fsp3) is 0.333. The van der Waals surface area contributed by atoms with Crippen LogP contribution < -0.4 is 4.72 Å². The summed E-state index contributed by atoms with van der Waals surface area (Å²) in [6.45, 7) is 3.13. The van der Waals surface area contributed by atoms with Gasteiger partial charge in [0, 0.05) is 12.3 Å². The molecular weight excluding hydrogens is 190 g/mol. The van der Waals surface area contributed by atoms with Gasteiger partial charge in [-0.1, -0.05) is 49.2 Å². The van der Waals surface area contributed by atoms with Gasteiger partial charge in [-0.15, -0.1) is 12.4 Å². The second kappa shape index (κ2) is 7.47. The Morgan fingerprint density at radius 3 is 2.50 bits per heavy atom. The zero-order chi connectivity index (χ0) is 7.94. The van der Waals surface area contributed by atoms with Crippen LogP contribution in [-0.4, -0.2) is 6.54 Å². The molecule has 0 saturated heterocycles. The molecule has 12 heavy (non-hydrogen) atoms. The zero-order valence-corrected chi connectivity index (χ0v) is 8.75. The maximum Gasteiger partial charge on any atom is 0.0330 e. The van der Waals surface area contributed by atoms with Crippen molar-refractivity contribution in [1.82, 2.24) is 4.72 Å². The Labute approximate surface area is 84.5 Å². The Bertz CT molecular complexity index is 191. The molecule has 0 spiro atoms. The Morgan fingerprint density at radius 2 is 1.92 bits per heavy atom. The van der Waals surface area contributed by atoms with E-state index in [9.17, 15) is 0 Å². The van der Waals surface area contributed by atoms with Crippen LogP contribution in [0.3, 0.4) is 0 Å². The van der Waals surface area contributed by atoms with Crippen LogP contribution in [0.2, 0.25) is 0 Å². The number of nitrogens with one attached hydrogen (secondary N) is 1. The van der Waals surface area contributed by atoms with E-state index in [1.807, 2.05) is 6.07 Å². The van der Waals surface area contributed by atoms with Crippen molar-refractivity contribution in [3.63, 3.8) is 0 Å². The molecule has 0 aromatic heterocycles. The Kier molecular flexibility index (Phi) is 7.36. The van der Waals surface area contributed by atoms with E-state index in [1.54, 1.807) is 11.9 Å². The van der Waals surface area contributed by atoms with Gasteiger partial charge in [-0.2, -0.15) is 0 Å². The van der Waals surface area contributed by atoms with E-state index in [4.69, 9.17) is 0 Å². The molecule has 0 saturated carbocycles. The molecule has 0 amide bonds. The first-order chi connectivity index (χ1) is 5.43. The second-order valence-corrected chi connectivity index (χ2v) is 3.14. The third-order valence-corrected chi connectivity index (χ3v) is 2.30. The van der Waals surface area contributed by atoms with Crippen LogP contribution in [0.15, 0.2) is 30.3 Å². The molecule has 1 nitrogen and oxygen atoms in total. The third-order valence-electron chi connectivity index (χ3n) is 1.33. The fourth-order valence-electron chi connectivity index (χ4n) is 0.811. The number of halogens is 1. The van der Waals surface area contributed by atoms with Gasteiger partial charge < -0.3 is 0 Å². The summed E-state index contributed by atoms with van der Waals surface area (Å²) in [5.74, 6) is 1.05. The molecule has 0 aliphatic carbocycles. The lowest BCUT2D eigenvalue weighted by atomic mass is 10.2. The lowest BCUT2D eigenvalue weighted by molar-refractivity contribution is 1.03. The quantitative estimate of drug-likeness (QED) is 0.597. The van der Waals surface area contributed by atoms with Gasteiger partial charge in [0.1, 0.15) is 0 Å². The van der Waals surface area contributed by atoms with Gasteiger partial charge >= 0.3 is 0 Å². The maximum atomic E-state index is 3.21. The molecular formula is C9H14ClNS. The largest absolute Gasteiger partial charge is 0.264 e. The molecule has 3 heteroatoms. The molecule has 0 aliphatic heterocycles. The Balaban J connectivity index is 0.00000121. The molecule has 0 atom stereocenters. The van der Waals surface area contributed by atoms with Crippen molar-refractivity contribution in [3.8, 4) is 0 Å². The Hall–Kier alpha value is -0.180. The summed E-state index contributed by atoms with van der Waals surface area (Å²) in [6.07, 6.45) is 0. The minimum atomic E-state index is 0. The van der Waals surface area contributed by atoms with Crippen molar-refractivity contribution in [2.75, 3.05) is 6.54 Å². The highest BCUT2D eigenvalue weighted by Crippen LogP contribution is 2.07. The van der Waals surface area contributed by atoms with Crippen molar-refractivity contribution in [3.05, 3.63) is 35.9 Å². The lowest BCUT2D eigenvalue weighted by Gasteiger charge is -1.99. The van der Waals surface area contributed by atoms with Crippen LogP contribution in [0.4, 0.5) is 0 Å². The predicted molar refractivity (Wildman–Crippen MR) is 58.7 cm³/mol. The molecule has 0 heterocycles. The zero-order valence-electron chi connectivity index (χ0n) is 7.12. The highest BCUT2D eigenvalue weighted by molar-refractivity contribution is 7.96. The smallest absolute Gasteiger partial charge is 0.0330 e. The van der Waals surface area contributed by atoms with Gasteiger partial charge in [0.2, 0.25) is 0 Å². The molecule has 1 rings (SSSR count). The van der Waals surface area contributed by atoms with Crippen LogP contribution in [0.5, 0.6) is 0 Å². The van der Waals surface area contributed by atoms with Crippen LogP contribution in [-0.2, 0) is 5.75 Å². The summed E-state index contributed by atoms with van der Waals surface area (Å²) in [6, 6.07) is 10.5. The van der Waals surface area contributed by atoms with E-state index in [-0.39, 0.29) is 12.4 Å². The van der Waals surface area contributed by atoms with Gasteiger partial charge in [0.25, 0.3) is 0 Å². The van der Waals surface area contributed by atoms with E-state index in [0.29, 0.717) is 0 Å². The van der Waals surface area contributed by atoms with Crippen LogP contribution in [0.25, 0.3) is 0 Å². The summed E-state index contributed by atoms with van der Waals surface area (Å²) in [5, 5.41) is 0. The van der Waals surface area contributed by atoms with E-state index < -0.39 is 0 Å². The number of benzene rings is 1. The summed E-state index contributed by atoms with van der Waals surface area (Å²) >= 11 is 1.76. The van der Waals surface area contributed by atoms with E-state index in [2.05, 4.69) is 35.9 Å². The van der Waals surface area contributed by atoms with E-state index in [0.717, 1.165) is 12.3 Å². The average Bonchev–Trinajstić information content (AvgIpc) is 2.07. The molecule has 68 valence electrons. The van der Waals surface area contributed by atoms with E-state index >= 15 is 0 Å². The van der Waals surface area contributed by atoms with Gasteiger partial charge in [-0.05, 0) is 5.56 Å². The number of rotatable bonds is 4. The summed E-state index contributed by atoms with van der Waals surface area (Å²) < 4.78 is 3.21. The molecule has 0 bridgehead atoms. The van der Waals surface area contributed by atoms with Crippen LogP contribution in [0, 0.1) is 0 Å². The lowest BCUT2D eigenvalue weighted by Crippen LogP contribution is -2.00. The first kappa shape index (κ1) is 11.8. The molecule has 0 fully saturated rings. The first-order valence-electron chi connectivity index (χ1n) is 3.82. The monoisotopic (exact) mass is 203 g/mol. The van der Waals surface area contributed by atoms with Crippen molar-refractivity contribution < 1.29 is 0 Å². The summed E-state index contributed by atoms with van der Waals surface area (Å²) in [4.78, 5) is 0. The molecule has 1 aromatic rings. The SMILES string of the molecule is CCNSCc1ccccc1.Cl. The normalized spacial score (nSPS) is 9.08. The fourth-order valence-corrected chi connectivity index (χ4v) is 1.48. The average molecular weight is 204 g/mol. The summed E-state index contributed by atoms with van der Waals surface area (Å²) in [7, 11) is 0. The predicted octanol–water partition coefficient (Wildman–Crippen LogP) is 2.87. The minimum absolute atomic E-state index is 0. The van der Waals surface area contributed by atoms with Crippen molar-refractivity contribution >= 4 is 24.4 Å². The van der Waals surface area contributed by atoms with Gasteiger partial charge in [0.15, 0.2) is 0 Å².